The summed E-state index contributed by atoms with van der Waals surface area (Å²) in [6, 6.07) is 0. The predicted molar refractivity (Wildman–Crippen MR) is 101 cm³/mol. The number of amides is 1. The molecule has 4 rings (SSSR count). The lowest BCUT2D eigenvalue weighted by Gasteiger charge is -2.23. The van der Waals surface area contributed by atoms with Gasteiger partial charge in [-0.05, 0) is 56.4 Å². The van der Waals surface area contributed by atoms with Gasteiger partial charge in [-0.1, -0.05) is 12.2 Å². The molecule has 3 aliphatic rings. The van der Waals surface area contributed by atoms with Crippen LogP contribution in [0, 0.1) is 23.7 Å². The molecule has 1 heterocycles. The second-order valence-corrected chi connectivity index (χ2v) is 8.57. The first-order chi connectivity index (χ1) is 13.0. The molecule has 1 aromatic rings. The summed E-state index contributed by atoms with van der Waals surface area (Å²) in [5.74, 6) is -3.05. The van der Waals surface area contributed by atoms with E-state index in [0.717, 1.165) is 36.1 Å². The van der Waals surface area contributed by atoms with Crippen molar-refractivity contribution in [2.45, 2.75) is 39.0 Å². The van der Waals surface area contributed by atoms with Crippen LogP contribution < -0.4 is 5.32 Å². The molecule has 0 unspecified atom stereocenters. The number of aryl methyl sites for hydroxylation is 1. The van der Waals surface area contributed by atoms with Gasteiger partial charge < -0.3 is 15.2 Å². The molecule has 0 aliphatic heterocycles. The summed E-state index contributed by atoms with van der Waals surface area (Å²) in [7, 11) is 0. The van der Waals surface area contributed by atoms with E-state index in [-0.39, 0.29) is 24.3 Å². The molecule has 0 radical (unpaired) electrons. The Morgan fingerprint density at radius 3 is 2.59 bits per heavy atom. The van der Waals surface area contributed by atoms with Crippen LogP contribution in [0.3, 0.4) is 0 Å². The SMILES string of the molecule is CCOC(=O)c1c(NC(=O)[C@@H]2[C@@H](C(=O)O)[C@H]3C=C[C@H]2C3)sc2c1CCCC2. The third-order valence-corrected chi connectivity index (χ3v) is 7.14. The van der Waals surface area contributed by atoms with Crippen molar-refractivity contribution in [3.05, 3.63) is 28.2 Å². The van der Waals surface area contributed by atoms with E-state index in [1.165, 1.54) is 11.3 Å². The van der Waals surface area contributed by atoms with Crippen LogP contribution in [0.25, 0.3) is 0 Å². The highest BCUT2D eigenvalue weighted by Gasteiger charge is 2.51. The van der Waals surface area contributed by atoms with Gasteiger partial charge in [-0.2, -0.15) is 0 Å². The lowest BCUT2D eigenvalue weighted by atomic mass is 9.82. The molecular formula is C20H23NO5S. The Bertz CT molecular complexity index is 827. The Balaban J connectivity index is 1.63. The molecule has 1 fully saturated rings. The topological polar surface area (TPSA) is 92.7 Å². The van der Waals surface area contributed by atoms with Gasteiger partial charge in [0.2, 0.25) is 5.91 Å². The standard InChI is InChI=1S/C20H23NO5S/c1-2-26-20(25)16-12-5-3-4-6-13(12)27-18(16)21-17(22)14-10-7-8-11(9-10)15(14)19(23)24/h7-8,10-11,14-15H,2-6,9H2,1H3,(H,21,22)(H,23,24)/t10-,11-,14-,15-/m0/s1. The van der Waals surface area contributed by atoms with Gasteiger partial charge in [0.15, 0.2) is 0 Å². The highest BCUT2D eigenvalue weighted by Crippen LogP contribution is 2.49. The zero-order valence-electron chi connectivity index (χ0n) is 15.2. The van der Waals surface area contributed by atoms with Crippen molar-refractivity contribution in [2.24, 2.45) is 23.7 Å². The van der Waals surface area contributed by atoms with Gasteiger partial charge in [0.1, 0.15) is 5.00 Å². The molecule has 7 heteroatoms. The van der Waals surface area contributed by atoms with Crippen LogP contribution in [0.4, 0.5) is 5.00 Å². The first-order valence-corrected chi connectivity index (χ1v) is 10.4. The van der Waals surface area contributed by atoms with Crippen molar-refractivity contribution in [1.82, 2.24) is 0 Å². The number of ether oxygens (including phenoxy) is 1. The number of fused-ring (bicyclic) bond motifs is 3. The number of carboxylic acids is 1. The van der Waals surface area contributed by atoms with E-state index in [2.05, 4.69) is 5.32 Å². The van der Waals surface area contributed by atoms with Gasteiger partial charge >= 0.3 is 11.9 Å². The number of carbonyl (C=O) groups excluding carboxylic acids is 2. The minimum absolute atomic E-state index is 0.0447. The molecule has 144 valence electrons. The number of hydrogen-bond acceptors (Lipinski definition) is 5. The molecule has 0 spiro atoms. The third-order valence-electron chi connectivity index (χ3n) is 5.93. The fraction of sp³-hybridized carbons (Fsp3) is 0.550. The molecule has 3 aliphatic carbocycles. The Hall–Kier alpha value is -2.15. The molecule has 2 bridgehead atoms. The molecule has 4 atom stereocenters. The summed E-state index contributed by atoms with van der Waals surface area (Å²) >= 11 is 1.43. The normalized spacial score (nSPS) is 28.0. The number of allylic oxidation sites excluding steroid dienone is 2. The van der Waals surface area contributed by atoms with Gasteiger partial charge in [0, 0.05) is 4.88 Å². The second kappa shape index (κ2) is 7.11. The number of hydrogen-bond donors (Lipinski definition) is 2. The first-order valence-electron chi connectivity index (χ1n) is 9.55. The molecule has 1 amide bonds. The van der Waals surface area contributed by atoms with Crippen molar-refractivity contribution in [2.75, 3.05) is 11.9 Å². The van der Waals surface area contributed by atoms with Crippen LogP contribution in [0.5, 0.6) is 0 Å². The highest BCUT2D eigenvalue weighted by atomic mass is 32.1. The average molecular weight is 389 g/mol. The zero-order valence-corrected chi connectivity index (χ0v) is 16.0. The maximum absolute atomic E-state index is 13.0. The first kappa shape index (κ1) is 18.2. The molecular weight excluding hydrogens is 366 g/mol. The summed E-state index contributed by atoms with van der Waals surface area (Å²) in [4.78, 5) is 38.4. The van der Waals surface area contributed by atoms with E-state index in [1.54, 1.807) is 6.92 Å². The van der Waals surface area contributed by atoms with Gasteiger partial charge in [-0.15, -0.1) is 11.3 Å². The van der Waals surface area contributed by atoms with Crippen LogP contribution in [-0.2, 0) is 27.2 Å². The molecule has 6 nitrogen and oxygen atoms in total. The van der Waals surface area contributed by atoms with Gasteiger partial charge in [-0.25, -0.2) is 4.79 Å². The minimum atomic E-state index is -0.928. The second-order valence-electron chi connectivity index (χ2n) is 7.46. The number of esters is 1. The van der Waals surface area contributed by atoms with Gasteiger partial charge in [0.25, 0.3) is 0 Å². The molecule has 2 N–H and O–H groups in total. The fourth-order valence-electron chi connectivity index (χ4n) is 4.78. The molecule has 0 aromatic carbocycles. The van der Waals surface area contributed by atoms with E-state index in [1.807, 2.05) is 12.2 Å². The van der Waals surface area contributed by atoms with Crippen LogP contribution in [0.2, 0.25) is 0 Å². The van der Waals surface area contributed by atoms with Crippen LogP contribution in [0.1, 0.15) is 47.0 Å². The monoisotopic (exact) mass is 389 g/mol. The van der Waals surface area contributed by atoms with E-state index < -0.39 is 23.8 Å². The largest absolute Gasteiger partial charge is 0.481 e. The third kappa shape index (κ3) is 3.08. The van der Waals surface area contributed by atoms with Crippen LogP contribution >= 0.6 is 11.3 Å². The quantitative estimate of drug-likeness (QED) is 0.596. The zero-order chi connectivity index (χ0) is 19.1. The summed E-state index contributed by atoms with van der Waals surface area (Å²) in [5, 5.41) is 13.0. The van der Waals surface area contributed by atoms with E-state index in [4.69, 9.17) is 4.74 Å². The summed E-state index contributed by atoms with van der Waals surface area (Å²) in [5.41, 5.74) is 1.46. The molecule has 1 aromatic heterocycles. The number of carboxylic acid groups (broad SMARTS) is 1. The van der Waals surface area contributed by atoms with Gasteiger partial charge in [-0.3, -0.25) is 9.59 Å². The Morgan fingerprint density at radius 1 is 1.19 bits per heavy atom. The summed E-state index contributed by atoms with van der Waals surface area (Å²) in [6.45, 7) is 2.03. The van der Waals surface area contributed by atoms with Crippen molar-refractivity contribution in [3.63, 3.8) is 0 Å². The van der Waals surface area contributed by atoms with Crippen molar-refractivity contribution < 1.29 is 24.2 Å². The lowest BCUT2D eigenvalue weighted by molar-refractivity contribution is -0.146. The molecule has 27 heavy (non-hydrogen) atoms. The Kier molecular flexibility index (Phi) is 4.80. The molecule has 1 saturated carbocycles. The van der Waals surface area contributed by atoms with Crippen LogP contribution in [-0.4, -0.2) is 29.6 Å². The average Bonchev–Trinajstić information content (AvgIpc) is 3.33. The Morgan fingerprint density at radius 2 is 1.89 bits per heavy atom. The van der Waals surface area contributed by atoms with E-state index in [9.17, 15) is 19.5 Å². The summed E-state index contributed by atoms with van der Waals surface area (Å²) < 4.78 is 5.22. The van der Waals surface area contributed by atoms with Crippen molar-refractivity contribution in [1.29, 1.82) is 0 Å². The fourth-order valence-corrected chi connectivity index (χ4v) is 6.07. The molecule has 0 saturated heterocycles. The number of anilines is 1. The number of rotatable bonds is 5. The van der Waals surface area contributed by atoms with Crippen LogP contribution in [0.15, 0.2) is 12.2 Å². The number of carbonyl (C=O) groups is 3. The highest BCUT2D eigenvalue weighted by molar-refractivity contribution is 7.17. The summed E-state index contributed by atoms with van der Waals surface area (Å²) in [6.07, 6.45) is 8.38. The maximum Gasteiger partial charge on any atom is 0.341 e. The number of nitrogens with one attached hydrogen (secondary N) is 1. The van der Waals surface area contributed by atoms with E-state index >= 15 is 0 Å². The minimum Gasteiger partial charge on any atom is -0.481 e. The predicted octanol–water partition coefficient (Wildman–Crippen LogP) is 3.27. The van der Waals surface area contributed by atoms with Crippen molar-refractivity contribution in [3.8, 4) is 0 Å². The smallest absolute Gasteiger partial charge is 0.341 e. The van der Waals surface area contributed by atoms with Crippen molar-refractivity contribution >= 4 is 34.2 Å². The number of aliphatic carboxylic acids is 1. The number of thiophene rings is 1. The maximum atomic E-state index is 13.0. The van der Waals surface area contributed by atoms with E-state index in [0.29, 0.717) is 17.0 Å². The van der Waals surface area contributed by atoms with Gasteiger partial charge in [0.05, 0.1) is 24.0 Å². The lowest BCUT2D eigenvalue weighted by Crippen LogP contribution is -2.36. The Labute approximate surface area is 161 Å².